The van der Waals surface area contributed by atoms with Crippen LogP contribution in [-0.2, 0) is 9.53 Å². The molecule has 3 heteroatoms. The molecule has 0 atom stereocenters. The molecule has 0 spiro atoms. The van der Waals surface area contributed by atoms with Gasteiger partial charge < -0.3 is 9.64 Å². The van der Waals surface area contributed by atoms with Gasteiger partial charge >= 0.3 is 5.97 Å². The van der Waals surface area contributed by atoms with Gasteiger partial charge in [-0.15, -0.1) is 0 Å². The Morgan fingerprint density at radius 3 is 2.60 bits per heavy atom. The lowest BCUT2D eigenvalue weighted by Crippen LogP contribution is -2.15. The molecule has 0 aromatic heterocycles. The van der Waals surface area contributed by atoms with Crippen LogP contribution < -0.4 is 4.90 Å². The van der Waals surface area contributed by atoms with Crippen LogP contribution in [-0.4, -0.2) is 19.6 Å². The maximum Gasteiger partial charge on any atom is 0.331 e. The third-order valence-electron chi connectivity index (χ3n) is 2.02. The van der Waals surface area contributed by atoms with Crippen molar-refractivity contribution in [1.29, 1.82) is 0 Å². The Morgan fingerprint density at radius 1 is 1.40 bits per heavy atom. The van der Waals surface area contributed by atoms with Crippen LogP contribution in [0, 0.1) is 0 Å². The summed E-state index contributed by atoms with van der Waals surface area (Å²) in [6.07, 6.45) is 3.14. The number of hydrogen-bond acceptors (Lipinski definition) is 3. The molecule has 80 valence electrons. The molecule has 0 aliphatic rings. The van der Waals surface area contributed by atoms with Crippen molar-refractivity contribution in [2.24, 2.45) is 0 Å². The van der Waals surface area contributed by atoms with Gasteiger partial charge in [-0.25, -0.2) is 4.79 Å². The number of para-hydroxylation sites is 1. The molecule has 0 unspecified atom stereocenters. The summed E-state index contributed by atoms with van der Waals surface area (Å²) in [6.45, 7) is 2.83. The number of methoxy groups -OCH3 is 1. The summed E-state index contributed by atoms with van der Waals surface area (Å²) in [7, 11) is 1.37. The zero-order chi connectivity index (χ0) is 11.1. The highest BCUT2D eigenvalue weighted by Crippen LogP contribution is 2.12. The molecule has 0 amide bonds. The number of ether oxygens (including phenoxy) is 1. The van der Waals surface area contributed by atoms with E-state index in [0.717, 1.165) is 12.2 Å². The zero-order valence-electron chi connectivity index (χ0n) is 9.01. The molecular weight excluding hydrogens is 190 g/mol. The Bertz CT molecular complexity index is 333. The molecule has 1 aromatic carbocycles. The smallest absolute Gasteiger partial charge is 0.331 e. The first-order valence-corrected chi connectivity index (χ1v) is 4.85. The van der Waals surface area contributed by atoms with Crippen LogP contribution in [0.4, 0.5) is 5.69 Å². The number of nitrogens with zero attached hydrogens (tertiary/aromatic N) is 1. The maximum absolute atomic E-state index is 10.9. The molecule has 0 aliphatic carbocycles. The topological polar surface area (TPSA) is 29.5 Å². The van der Waals surface area contributed by atoms with Crippen molar-refractivity contribution in [1.82, 2.24) is 0 Å². The zero-order valence-corrected chi connectivity index (χ0v) is 9.01. The van der Waals surface area contributed by atoms with Crippen LogP contribution in [0.25, 0.3) is 0 Å². The van der Waals surface area contributed by atoms with E-state index in [1.165, 1.54) is 13.2 Å². The van der Waals surface area contributed by atoms with Crippen molar-refractivity contribution in [3.63, 3.8) is 0 Å². The highest BCUT2D eigenvalue weighted by Gasteiger charge is 1.99. The standard InChI is InChI=1S/C12H15NO2/c1-3-13(10-9-12(14)15-2)11-7-5-4-6-8-11/h4-10H,3H2,1-2H3/b10-9+. The van der Waals surface area contributed by atoms with Crippen molar-refractivity contribution >= 4 is 11.7 Å². The molecule has 15 heavy (non-hydrogen) atoms. The van der Waals surface area contributed by atoms with Crippen molar-refractivity contribution in [2.75, 3.05) is 18.6 Å². The SMILES string of the molecule is CCN(/C=C/C(=O)OC)c1ccccc1. The molecule has 0 radical (unpaired) electrons. The minimum Gasteiger partial charge on any atom is -0.466 e. The quantitative estimate of drug-likeness (QED) is 0.557. The van der Waals surface area contributed by atoms with Crippen molar-refractivity contribution in [3.8, 4) is 0 Å². The molecule has 1 aromatic rings. The van der Waals surface area contributed by atoms with Gasteiger partial charge in [0.25, 0.3) is 0 Å². The van der Waals surface area contributed by atoms with E-state index in [-0.39, 0.29) is 5.97 Å². The van der Waals surface area contributed by atoms with E-state index in [2.05, 4.69) is 4.74 Å². The fraction of sp³-hybridized carbons (Fsp3) is 0.250. The number of hydrogen-bond donors (Lipinski definition) is 0. The monoisotopic (exact) mass is 205 g/mol. The molecule has 0 heterocycles. The summed E-state index contributed by atoms with van der Waals surface area (Å²) < 4.78 is 4.53. The van der Waals surface area contributed by atoms with Gasteiger partial charge in [-0.3, -0.25) is 0 Å². The van der Waals surface area contributed by atoms with Crippen LogP contribution in [0.5, 0.6) is 0 Å². The van der Waals surface area contributed by atoms with Gasteiger partial charge in [-0.1, -0.05) is 18.2 Å². The summed E-state index contributed by atoms with van der Waals surface area (Å²) in [5.41, 5.74) is 1.06. The minimum atomic E-state index is -0.343. The van der Waals surface area contributed by atoms with Crippen LogP contribution >= 0.6 is 0 Å². The molecule has 1 rings (SSSR count). The molecule has 0 aliphatic heterocycles. The third kappa shape index (κ3) is 3.46. The Morgan fingerprint density at radius 2 is 2.07 bits per heavy atom. The Labute approximate surface area is 90.0 Å². The number of benzene rings is 1. The summed E-state index contributed by atoms with van der Waals surface area (Å²) >= 11 is 0. The predicted octanol–water partition coefficient (Wildman–Crippen LogP) is 2.20. The average molecular weight is 205 g/mol. The molecule has 0 N–H and O–H groups in total. The van der Waals surface area contributed by atoms with E-state index in [1.54, 1.807) is 6.20 Å². The first-order valence-electron chi connectivity index (χ1n) is 4.85. The molecule has 0 saturated carbocycles. The first kappa shape index (κ1) is 11.3. The number of rotatable bonds is 4. The normalized spacial score (nSPS) is 10.3. The van der Waals surface area contributed by atoms with Gasteiger partial charge in [-0.2, -0.15) is 0 Å². The Hall–Kier alpha value is -1.77. The van der Waals surface area contributed by atoms with Crippen molar-refractivity contribution < 1.29 is 9.53 Å². The molecule has 0 bridgehead atoms. The number of carbonyl (C=O) groups is 1. The Kier molecular flexibility index (Phi) is 4.41. The van der Waals surface area contributed by atoms with Gasteiger partial charge in [0.15, 0.2) is 0 Å². The van der Waals surface area contributed by atoms with Gasteiger partial charge in [0.2, 0.25) is 0 Å². The van der Waals surface area contributed by atoms with Crippen LogP contribution in [0.2, 0.25) is 0 Å². The van der Waals surface area contributed by atoms with E-state index in [9.17, 15) is 4.79 Å². The largest absolute Gasteiger partial charge is 0.466 e. The number of esters is 1. The number of anilines is 1. The van der Waals surface area contributed by atoms with Gasteiger partial charge in [-0.05, 0) is 19.1 Å². The van der Waals surface area contributed by atoms with Crippen molar-refractivity contribution in [3.05, 3.63) is 42.6 Å². The summed E-state index contributed by atoms with van der Waals surface area (Å²) in [4.78, 5) is 12.9. The second kappa shape index (κ2) is 5.86. The minimum absolute atomic E-state index is 0.343. The summed E-state index contributed by atoms with van der Waals surface area (Å²) in [5.74, 6) is -0.343. The molecule has 0 saturated heterocycles. The fourth-order valence-corrected chi connectivity index (χ4v) is 1.21. The number of carbonyl (C=O) groups excluding carboxylic acids is 1. The van der Waals surface area contributed by atoms with Crippen LogP contribution in [0.15, 0.2) is 42.6 Å². The van der Waals surface area contributed by atoms with E-state index in [1.807, 2.05) is 42.2 Å². The van der Waals surface area contributed by atoms with E-state index < -0.39 is 0 Å². The van der Waals surface area contributed by atoms with E-state index in [4.69, 9.17) is 0 Å². The van der Waals surface area contributed by atoms with Crippen molar-refractivity contribution in [2.45, 2.75) is 6.92 Å². The average Bonchev–Trinajstić information content (AvgIpc) is 2.31. The second-order valence-corrected chi connectivity index (χ2v) is 2.96. The summed E-state index contributed by atoms with van der Waals surface area (Å²) in [6, 6.07) is 9.87. The highest BCUT2D eigenvalue weighted by atomic mass is 16.5. The molecule has 3 nitrogen and oxygen atoms in total. The van der Waals surface area contributed by atoms with Gasteiger partial charge in [0.1, 0.15) is 0 Å². The second-order valence-electron chi connectivity index (χ2n) is 2.96. The fourth-order valence-electron chi connectivity index (χ4n) is 1.21. The third-order valence-corrected chi connectivity index (χ3v) is 2.02. The summed E-state index contributed by atoms with van der Waals surface area (Å²) in [5, 5.41) is 0. The highest BCUT2D eigenvalue weighted by molar-refractivity contribution is 5.82. The van der Waals surface area contributed by atoms with Crippen LogP contribution in [0.1, 0.15) is 6.92 Å². The Balaban J connectivity index is 2.73. The first-order chi connectivity index (χ1) is 7.27. The van der Waals surface area contributed by atoms with Crippen LogP contribution in [0.3, 0.4) is 0 Å². The van der Waals surface area contributed by atoms with Gasteiger partial charge in [0.05, 0.1) is 7.11 Å². The lowest BCUT2D eigenvalue weighted by atomic mass is 10.3. The molecule has 0 fully saturated rings. The lowest BCUT2D eigenvalue weighted by Gasteiger charge is -2.17. The van der Waals surface area contributed by atoms with E-state index >= 15 is 0 Å². The maximum atomic E-state index is 10.9. The lowest BCUT2D eigenvalue weighted by molar-refractivity contribution is -0.134. The van der Waals surface area contributed by atoms with Gasteiger partial charge in [0, 0.05) is 24.5 Å². The predicted molar refractivity (Wildman–Crippen MR) is 60.6 cm³/mol. The van der Waals surface area contributed by atoms with E-state index in [0.29, 0.717) is 0 Å². The molecular formula is C12H15NO2.